The second-order valence-corrected chi connectivity index (χ2v) is 6.84. The second-order valence-electron chi connectivity index (χ2n) is 5.76. The minimum atomic E-state index is -0.412. The zero-order chi connectivity index (χ0) is 18.7. The van der Waals surface area contributed by atoms with Gasteiger partial charge in [0.25, 0.3) is 11.8 Å². The summed E-state index contributed by atoms with van der Waals surface area (Å²) in [5.41, 5.74) is 7.29. The van der Waals surface area contributed by atoms with E-state index in [0.717, 1.165) is 21.8 Å². The third-order valence-electron chi connectivity index (χ3n) is 3.67. The summed E-state index contributed by atoms with van der Waals surface area (Å²) in [6, 6.07) is 11.4. The van der Waals surface area contributed by atoms with E-state index >= 15 is 0 Å². The zero-order valence-corrected chi connectivity index (χ0v) is 15.1. The van der Waals surface area contributed by atoms with Gasteiger partial charge in [0.15, 0.2) is 0 Å². The number of aromatic nitrogens is 2. The predicted octanol–water partition coefficient (Wildman–Crippen LogP) is 2.83. The van der Waals surface area contributed by atoms with E-state index in [1.807, 2.05) is 19.9 Å². The minimum absolute atomic E-state index is 0.0191. The molecule has 2 heterocycles. The van der Waals surface area contributed by atoms with Crippen molar-refractivity contribution in [3.05, 3.63) is 64.5 Å². The Kier molecular flexibility index (Phi) is 5.13. The van der Waals surface area contributed by atoms with E-state index in [4.69, 9.17) is 0 Å². The van der Waals surface area contributed by atoms with Crippen LogP contribution in [-0.4, -0.2) is 21.6 Å². The van der Waals surface area contributed by atoms with Crippen LogP contribution >= 0.6 is 11.3 Å². The van der Waals surface area contributed by atoms with Crippen LogP contribution in [0.2, 0.25) is 0 Å². The van der Waals surface area contributed by atoms with Crippen LogP contribution in [0.5, 0.6) is 0 Å². The number of benzene rings is 1. The highest BCUT2D eigenvalue weighted by molar-refractivity contribution is 7.17. The van der Waals surface area contributed by atoms with Crippen LogP contribution in [0.4, 0.5) is 4.39 Å². The molecule has 26 heavy (non-hydrogen) atoms. The highest BCUT2D eigenvalue weighted by atomic mass is 32.1. The van der Waals surface area contributed by atoms with Gasteiger partial charge < -0.3 is 0 Å². The van der Waals surface area contributed by atoms with Gasteiger partial charge in [0, 0.05) is 10.6 Å². The van der Waals surface area contributed by atoms with Crippen LogP contribution < -0.4 is 10.9 Å². The SMILES string of the molecule is Cc1cc(C)n(CC(=O)NNC(=O)c2ccc(-c3ccc(F)cc3)s2)n1. The lowest BCUT2D eigenvalue weighted by atomic mass is 10.2. The van der Waals surface area contributed by atoms with Crippen molar-refractivity contribution in [3.63, 3.8) is 0 Å². The number of nitrogens with zero attached hydrogens (tertiary/aromatic N) is 2. The first-order chi connectivity index (χ1) is 12.4. The predicted molar refractivity (Wildman–Crippen MR) is 97.0 cm³/mol. The Morgan fingerprint density at radius 1 is 1.12 bits per heavy atom. The molecule has 2 amide bonds. The monoisotopic (exact) mass is 372 g/mol. The maximum Gasteiger partial charge on any atom is 0.279 e. The van der Waals surface area contributed by atoms with Crippen molar-refractivity contribution in [1.29, 1.82) is 0 Å². The van der Waals surface area contributed by atoms with Crippen molar-refractivity contribution in [3.8, 4) is 10.4 Å². The summed E-state index contributed by atoms with van der Waals surface area (Å²) in [6.07, 6.45) is 0. The fourth-order valence-corrected chi connectivity index (χ4v) is 3.33. The molecule has 0 bridgehead atoms. The summed E-state index contributed by atoms with van der Waals surface area (Å²) in [7, 11) is 0. The Morgan fingerprint density at radius 3 is 2.50 bits per heavy atom. The molecule has 134 valence electrons. The molecule has 0 unspecified atom stereocenters. The smallest absolute Gasteiger partial charge is 0.271 e. The van der Waals surface area contributed by atoms with Crippen LogP contribution in [0, 0.1) is 19.7 Å². The lowest BCUT2D eigenvalue weighted by Gasteiger charge is -2.07. The summed E-state index contributed by atoms with van der Waals surface area (Å²) < 4.78 is 14.6. The van der Waals surface area contributed by atoms with Gasteiger partial charge >= 0.3 is 0 Å². The van der Waals surface area contributed by atoms with Gasteiger partial charge in [0.2, 0.25) is 0 Å². The molecule has 0 aliphatic rings. The maximum atomic E-state index is 13.0. The Balaban J connectivity index is 1.57. The number of hydrogen-bond donors (Lipinski definition) is 2. The lowest BCUT2D eigenvalue weighted by molar-refractivity contribution is -0.122. The van der Waals surface area contributed by atoms with E-state index in [2.05, 4.69) is 16.0 Å². The summed E-state index contributed by atoms with van der Waals surface area (Å²) in [6.45, 7) is 3.72. The first kappa shape index (κ1) is 17.8. The van der Waals surface area contributed by atoms with Crippen LogP contribution in [0.3, 0.4) is 0 Å². The molecule has 0 atom stereocenters. The molecular weight excluding hydrogens is 355 g/mol. The Hall–Kier alpha value is -3.00. The summed E-state index contributed by atoms with van der Waals surface area (Å²) in [5, 5.41) is 4.20. The molecule has 0 aliphatic carbocycles. The van der Waals surface area contributed by atoms with Gasteiger partial charge in [-0.2, -0.15) is 5.10 Å². The van der Waals surface area contributed by atoms with E-state index in [0.29, 0.717) is 4.88 Å². The molecule has 0 saturated carbocycles. The standard InChI is InChI=1S/C18H17FN4O2S/c1-11-9-12(2)23(22-11)10-17(24)20-21-18(25)16-8-7-15(26-16)13-3-5-14(19)6-4-13/h3-9H,10H2,1-2H3,(H,20,24)(H,21,25). The Labute approximate surface area is 153 Å². The number of aryl methyl sites for hydroxylation is 2. The van der Waals surface area contributed by atoms with Crippen molar-refractivity contribution >= 4 is 23.2 Å². The van der Waals surface area contributed by atoms with E-state index in [-0.39, 0.29) is 18.3 Å². The largest absolute Gasteiger partial charge is 0.279 e. The first-order valence-corrected chi connectivity index (χ1v) is 8.70. The second kappa shape index (κ2) is 7.49. The van der Waals surface area contributed by atoms with Gasteiger partial charge in [0.1, 0.15) is 12.4 Å². The number of hydrazine groups is 1. The summed E-state index contributed by atoms with van der Waals surface area (Å²) in [4.78, 5) is 25.4. The van der Waals surface area contributed by atoms with Gasteiger partial charge in [-0.1, -0.05) is 12.1 Å². The minimum Gasteiger partial charge on any atom is -0.271 e. The number of halogens is 1. The van der Waals surface area contributed by atoms with E-state index in [9.17, 15) is 14.0 Å². The number of carbonyl (C=O) groups is 2. The number of hydrogen-bond acceptors (Lipinski definition) is 4. The molecular formula is C18H17FN4O2S. The topological polar surface area (TPSA) is 76.0 Å². The normalized spacial score (nSPS) is 10.6. The quantitative estimate of drug-likeness (QED) is 0.692. The van der Waals surface area contributed by atoms with Gasteiger partial charge in [0.05, 0.1) is 10.6 Å². The van der Waals surface area contributed by atoms with Crippen molar-refractivity contribution in [2.45, 2.75) is 20.4 Å². The average Bonchev–Trinajstić information content (AvgIpc) is 3.20. The van der Waals surface area contributed by atoms with E-state index in [1.165, 1.54) is 23.5 Å². The molecule has 1 aromatic carbocycles. The van der Waals surface area contributed by atoms with Crippen LogP contribution in [-0.2, 0) is 11.3 Å². The summed E-state index contributed by atoms with van der Waals surface area (Å²) in [5.74, 6) is -1.10. The average molecular weight is 372 g/mol. The Bertz CT molecular complexity index is 947. The number of carbonyl (C=O) groups excluding carboxylic acids is 2. The van der Waals surface area contributed by atoms with Crippen molar-refractivity contribution in [2.24, 2.45) is 0 Å². The first-order valence-electron chi connectivity index (χ1n) is 7.88. The third-order valence-corrected chi connectivity index (χ3v) is 4.80. The Morgan fingerprint density at radius 2 is 1.85 bits per heavy atom. The molecule has 3 rings (SSSR count). The number of amides is 2. The molecule has 0 aliphatic heterocycles. The molecule has 2 aromatic heterocycles. The number of rotatable bonds is 4. The van der Waals surface area contributed by atoms with Crippen molar-refractivity contribution in [2.75, 3.05) is 0 Å². The highest BCUT2D eigenvalue weighted by Crippen LogP contribution is 2.28. The molecule has 8 heteroatoms. The van der Waals surface area contributed by atoms with Gasteiger partial charge in [-0.05, 0) is 49.7 Å². The van der Waals surface area contributed by atoms with Crippen LogP contribution in [0.1, 0.15) is 21.1 Å². The molecule has 0 radical (unpaired) electrons. The fraction of sp³-hybridized carbons (Fsp3) is 0.167. The third kappa shape index (κ3) is 4.15. The molecule has 0 fully saturated rings. The molecule has 0 spiro atoms. The number of nitrogens with one attached hydrogen (secondary N) is 2. The van der Waals surface area contributed by atoms with E-state index < -0.39 is 5.91 Å². The van der Waals surface area contributed by atoms with Gasteiger partial charge in [-0.3, -0.25) is 25.1 Å². The van der Waals surface area contributed by atoms with Gasteiger partial charge in [-0.25, -0.2) is 4.39 Å². The number of thiophene rings is 1. The van der Waals surface area contributed by atoms with Crippen LogP contribution in [0.25, 0.3) is 10.4 Å². The van der Waals surface area contributed by atoms with Crippen LogP contribution in [0.15, 0.2) is 42.5 Å². The summed E-state index contributed by atoms with van der Waals surface area (Å²) >= 11 is 1.26. The molecule has 6 nitrogen and oxygen atoms in total. The molecule has 2 N–H and O–H groups in total. The lowest BCUT2D eigenvalue weighted by Crippen LogP contribution is -2.43. The fourth-order valence-electron chi connectivity index (χ4n) is 2.43. The van der Waals surface area contributed by atoms with Crippen molar-refractivity contribution < 1.29 is 14.0 Å². The molecule has 3 aromatic rings. The maximum absolute atomic E-state index is 13.0. The van der Waals surface area contributed by atoms with E-state index in [1.54, 1.807) is 28.9 Å². The van der Waals surface area contributed by atoms with Gasteiger partial charge in [-0.15, -0.1) is 11.3 Å². The molecule has 0 saturated heterocycles. The highest BCUT2D eigenvalue weighted by Gasteiger charge is 2.12. The zero-order valence-electron chi connectivity index (χ0n) is 14.2. The van der Waals surface area contributed by atoms with Crippen molar-refractivity contribution in [1.82, 2.24) is 20.6 Å².